The Morgan fingerprint density at radius 2 is 1.95 bits per heavy atom. The summed E-state index contributed by atoms with van der Waals surface area (Å²) in [6.07, 6.45) is 5.83. The molecule has 19 heavy (non-hydrogen) atoms. The van der Waals surface area contributed by atoms with Crippen LogP contribution in [0, 0.1) is 5.92 Å². The maximum Gasteiger partial charge on any atom is 0.239 e. The lowest BCUT2D eigenvalue weighted by Crippen LogP contribution is -2.43. The topological polar surface area (TPSA) is 75.4 Å². The normalized spacial score (nSPS) is 26.2. The van der Waals surface area contributed by atoms with E-state index in [9.17, 15) is 9.59 Å². The van der Waals surface area contributed by atoms with Crippen molar-refractivity contribution in [1.29, 1.82) is 0 Å². The third-order valence-corrected chi connectivity index (χ3v) is 3.76. The van der Waals surface area contributed by atoms with E-state index in [-0.39, 0.29) is 42.7 Å². The summed E-state index contributed by atoms with van der Waals surface area (Å²) in [6, 6.07) is 0.491. The number of nitrogens with zero attached hydrogens (tertiary/aromatic N) is 1. The maximum absolute atomic E-state index is 12.2. The Bertz CT molecular complexity index is 334. The van der Waals surface area contributed by atoms with Gasteiger partial charge in [0.1, 0.15) is 0 Å². The van der Waals surface area contributed by atoms with E-state index in [0.717, 1.165) is 38.5 Å². The Kier molecular flexibility index (Phi) is 6.07. The zero-order chi connectivity index (χ0) is 13.1. The van der Waals surface area contributed by atoms with Gasteiger partial charge in [-0.3, -0.25) is 9.59 Å². The van der Waals surface area contributed by atoms with Crippen molar-refractivity contribution in [3.05, 3.63) is 0 Å². The van der Waals surface area contributed by atoms with Gasteiger partial charge in [0.2, 0.25) is 11.8 Å². The summed E-state index contributed by atoms with van der Waals surface area (Å²) in [5, 5.41) is 2.89. The third-order valence-electron chi connectivity index (χ3n) is 3.76. The lowest BCUT2D eigenvalue weighted by atomic mass is 9.85. The Morgan fingerprint density at radius 1 is 1.26 bits per heavy atom. The maximum atomic E-state index is 12.2. The average Bonchev–Trinajstić information content (AvgIpc) is 3.11. The molecule has 2 atom stereocenters. The van der Waals surface area contributed by atoms with Crippen LogP contribution in [0.4, 0.5) is 0 Å². The van der Waals surface area contributed by atoms with Gasteiger partial charge in [-0.2, -0.15) is 0 Å². The standard InChI is InChI=1S/C13H23N3O2.ClH/c1-16(8-12(17)15-11-5-6-11)13(18)9-3-2-4-10(14)7-9;/h9-11H,2-8,14H2,1H3,(H,15,17);1H. The van der Waals surface area contributed by atoms with Gasteiger partial charge in [0.25, 0.3) is 0 Å². The predicted octanol–water partition coefficient (Wildman–Crippen LogP) is 0.663. The Morgan fingerprint density at radius 3 is 2.53 bits per heavy atom. The number of nitrogens with one attached hydrogen (secondary N) is 1. The van der Waals surface area contributed by atoms with Crippen molar-refractivity contribution < 1.29 is 9.59 Å². The molecule has 2 unspecified atom stereocenters. The molecule has 6 heteroatoms. The molecule has 2 aliphatic carbocycles. The van der Waals surface area contributed by atoms with E-state index in [0.29, 0.717) is 6.04 Å². The summed E-state index contributed by atoms with van der Waals surface area (Å²) in [4.78, 5) is 25.3. The molecule has 0 heterocycles. The smallest absolute Gasteiger partial charge is 0.239 e. The average molecular weight is 290 g/mol. The molecule has 0 aromatic rings. The zero-order valence-electron chi connectivity index (χ0n) is 11.4. The van der Waals surface area contributed by atoms with Gasteiger partial charge in [-0.05, 0) is 32.1 Å². The van der Waals surface area contributed by atoms with Crippen LogP contribution in [0.2, 0.25) is 0 Å². The summed E-state index contributed by atoms with van der Waals surface area (Å²) in [5.74, 6) is 0.0250. The van der Waals surface area contributed by atoms with Crippen molar-refractivity contribution in [2.45, 2.75) is 50.6 Å². The van der Waals surface area contributed by atoms with Gasteiger partial charge in [0, 0.05) is 25.0 Å². The first-order valence-corrected chi connectivity index (χ1v) is 6.86. The monoisotopic (exact) mass is 289 g/mol. The van der Waals surface area contributed by atoms with E-state index in [1.54, 1.807) is 11.9 Å². The van der Waals surface area contributed by atoms with Gasteiger partial charge in [-0.15, -0.1) is 12.4 Å². The van der Waals surface area contributed by atoms with Crippen LogP contribution >= 0.6 is 12.4 Å². The molecule has 0 bridgehead atoms. The molecule has 0 aliphatic heterocycles. The largest absolute Gasteiger partial charge is 0.352 e. The van der Waals surface area contributed by atoms with Gasteiger partial charge in [-0.25, -0.2) is 0 Å². The molecule has 3 N–H and O–H groups in total. The molecule has 2 aliphatic rings. The van der Waals surface area contributed by atoms with E-state index in [2.05, 4.69) is 5.32 Å². The number of carbonyl (C=O) groups is 2. The van der Waals surface area contributed by atoms with E-state index >= 15 is 0 Å². The molecule has 2 saturated carbocycles. The molecule has 2 fully saturated rings. The lowest BCUT2D eigenvalue weighted by Gasteiger charge is -2.29. The predicted molar refractivity (Wildman–Crippen MR) is 76.0 cm³/mol. The number of halogens is 1. The first-order valence-electron chi connectivity index (χ1n) is 6.86. The molecule has 0 radical (unpaired) electrons. The van der Waals surface area contributed by atoms with Crippen LogP contribution in [0.1, 0.15) is 38.5 Å². The molecular weight excluding hydrogens is 266 g/mol. The van der Waals surface area contributed by atoms with Crippen molar-refractivity contribution in [3.63, 3.8) is 0 Å². The summed E-state index contributed by atoms with van der Waals surface area (Å²) in [6.45, 7) is 0.168. The number of hydrogen-bond acceptors (Lipinski definition) is 3. The number of likely N-dealkylation sites (N-methyl/N-ethyl adjacent to an activating group) is 1. The van der Waals surface area contributed by atoms with E-state index in [4.69, 9.17) is 5.73 Å². The van der Waals surface area contributed by atoms with Crippen LogP contribution in [-0.2, 0) is 9.59 Å². The van der Waals surface area contributed by atoms with Crippen LogP contribution in [0.3, 0.4) is 0 Å². The number of amides is 2. The number of carbonyl (C=O) groups excluding carboxylic acids is 2. The van der Waals surface area contributed by atoms with Crippen molar-refractivity contribution in [2.75, 3.05) is 13.6 Å². The van der Waals surface area contributed by atoms with Gasteiger partial charge in [0.15, 0.2) is 0 Å². The molecule has 0 spiro atoms. The molecule has 0 aromatic heterocycles. The van der Waals surface area contributed by atoms with Crippen LogP contribution in [0.5, 0.6) is 0 Å². The highest BCUT2D eigenvalue weighted by molar-refractivity contribution is 5.86. The molecule has 0 aromatic carbocycles. The fourth-order valence-electron chi connectivity index (χ4n) is 2.56. The van der Waals surface area contributed by atoms with Crippen LogP contribution in [0.25, 0.3) is 0 Å². The Balaban J connectivity index is 0.00000180. The number of hydrogen-bond donors (Lipinski definition) is 2. The lowest BCUT2D eigenvalue weighted by molar-refractivity contribution is -0.139. The first-order chi connectivity index (χ1) is 8.56. The summed E-state index contributed by atoms with van der Waals surface area (Å²) >= 11 is 0. The fraction of sp³-hybridized carbons (Fsp3) is 0.846. The van der Waals surface area contributed by atoms with Gasteiger partial charge in [0.05, 0.1) is 6.54 Å². The summed E-state index contributed by atoms with van der Waals surface area (Å²) in [5.41, 5.74) is 5.89. The van der Waals surface area contributed by atoms with Gasteiger partial charge in [-0.1, -0.05) is 6.42 Å². The minimum atomic E-state index is -0.0477. The van der Waals surface area contributed by atoms with Crippen LogP contribution < -0.4 is 11.1 Å². The molecular formula is C13H24ClN3O2. The van der Waals surface area contributed by atoms with Crippen molar-refractivity contribution >= 4 is 24.2 Å². The third kappa shape index (κ3) is 4.99. The second-order valence-electron chi connectivity index (χ2n) is 5.66. The minimum absolute atomic E-state index is 0. The number of rotatable bonds is 4. The van der Waals surface area contributed by atoms with E-state index < -0.39 is 0 Å². The first kappa shape index (κ1) is 16.2. The molecule has 110 valence electrons. The fourth-order valence-corrected chi connectivity index (χ4v) is 2.56. The summed E-state index contributed by atoms with van der Waals surface area (Å²) in [7, 11) is 1.70. The van der Waals surface area contributed by atoms with Crippen LogP contribution in [0.15, 0.2) is 0 Å². The van der Waals surface area contributed by atoms with Crippen molar-refractivity contribution in [3.8, 4) is 0 Å². The molecule has 0 saturated heterocycles. The minimum Gasteiger partial charge on any atom is -0.352 e. The molecule has 2 rings (SSSR count). The quantitative estimate of drug-likeness (QED) is 0.798. The van der Waals surface area contributed by atoms with Gasteiger partial charge >= 0.3 is 0 Å². The van der Waals surface area contributed by atoms with E-state index in [1.165, 1.54) is 0 Å². The Labute approximate surface area is 120 Å². The highest BCUT2D eigenvalue weighted by Crippen LogP contribution is 2.24. The van der Waals surface area contributed by atoms with E-state index in [1.807, 2.05) is 0 Å². The second kappa shape index (κ2) is 7.10. The zero-order valence-corrected chi connectivity index (χ0v) is 12.2. The van der Waals surface area contributed by atoms with Crippen molar-refractivity contribution in [2.24, 2.45) is 11.7 Å². The van der Waals surface area contributed by atoms with Gasteiger partial charge < -0.3 is 16.0 Å². The number of nitrogens with two attached hydrogens (primary N) is 1. The second-order valence-corrected chi connectivity index (χ2v) is 5.66. The van der Waals surface area contributed by atoms with Crippen molar-refractivity contribution in [1.82, 2.24) is 10.2 Å². The summed E-state index contributed by atoms with van der Waals surface area (Å²) < 4.78 is 0. The molecule has 5 nitrogen and oxygen atoms in total. The van der Waals surface area contributed by atoms with Crippen LogP contribution in [-0.4, -0.2) is 42.4 Å². The SMILES string of the molecule is CN(CC(=O)NC1CC1)C(=O)C1CCCC(N)C1.Cl. The Hall–Kier alpha value is -0.810. The molecule has 2 amide bonds. The highest BCUT2D eigenvalue weighted by Gasteiger charge is 2.29. The highest BCUT2D eigenvalue weighted by atomic mass is 35.5.